The third-order valence-corrected chi connectivity index (χ3v) is 4.02. The monoisotopic (exact) mass is 264 g/mol. The molecule has 7 heteroatoms. The number of nitrogens with zero attached hydrogens (tertiary/aromatic N) is 4. The fraction of sp³-hybridized carbons (Fsp3) is 0.583. The van der Waals surface area contributed by atoms with Gasteiger partial charge in [0.25, 0.3) is 0 Å². The lowest BCUT2D eigenvalue weighted by Gasteiger charge is -2.34. The van der Waals surface area contributed by atoms with Crippen molar-refractivity contribution < 1.29 is 14.7 Å². The van der Waals surface area contributed by atoms with Gasteiger partial charge in [0, 0.05) is 19.1 Å². The van der Waals surface area contributed by atoms with E-state index in [9.17, 15) is 9.59 Å². The third kappa shape index (κ3) is 1.85. The first kappa shape index (κ1) is 12.0. The molecule has 2 amide bonds. The number of carbonyl (C=O) groups excluding carboxylic acids is 1. The molecule has 2 aliphatic rings. The normalized spacial score (nSPS) is 19.9. The van der Waals surface area contributed by atoms with Gasteiger partial charge in [-0.05, 0) is 19.8 Å². The van der Waals surface area contributed by atoms with Crippen LogP contribution in [0, 0.1) is 6.92 Å². The molecular weight excluding hydrogens is 248 g/mol. The smallest absolute Gasteiger partial charge is 0.407 e. The number of hydrogen-bond donors (Lipinski definition) is 1. The summed E-state index contributed by atoms with van der Waals surface area (Å²) in [7, 11) is 0. The van der Waals surface area contributed by atoms with E-state index >= 15 is 0 Å². The third-order valence-electron chi connectivity index (χ3n) is 4.02. The molecule has 1 fully saturated rings. The van der Waals surface area contributed by atoms with Crippen molar-refractivity contribution in [3.8, 4) is 0 Å². The predicted octanol–water partition coefficient (Wildman–Crippen LogP) is 1.12. The Morgan fingerprint density at radius 1 is 1.42 bits per heavy atom. The molecule has 102 valence electrons. The Hall–Kier alpha value is -2.05. The number of likely N-dealkylation sites (tertiary alicyclic amines) is 1. The average molecular weight is 264 g/mol. The lowest BCUT2D eigenvalue weighted by Crippen LogP contribution is -2.46. The standard InChI is InChI=1S/C12H16N4O3/c1-8-10-6-15(11(17)16(10)7-13-8)9-2-4-14(5-3-9)12(18)19/h7,9H,2-6H2,1H3,(H,18,19). The first-order valence-electron chi connectivity index (χ1n) is 6.39. The summed E-state index contributed by atoms with van der Waals surface area (Å²) in [5, 5.41) is 8.92. The number of carbonyl (C=O) groups is 2. The second-order valence-corrected chi connectivity index (χ2v) is 5.06. The predicted molar refractivity (Wildman–Crippen MR) is 65.9 cm³/mol. The van der Waals surface area contributed by atoms with Gasteiger partial charge in [0.1, 0.15) is 6.33 Å². The molecule has 1 saturated heterocycles. The van der Waals surface area contributed by atoms with Crippen LogP contribution in [0.4, 0.5) is 9.59 Å². The van der Waals surface area contributed by atoms with Crippen molar-refractivity contribution >= 4 is 12.1 Å². The van der Waals surface area contributed by atoms with E-state index in [1.807, 2.05) is 11.8 Å². The molecule has 0 unspecified atom stereocenters. The number of rotatable bonds is 1. The molecule has 1 aromatic rings. The molecule has 2 aliphatic heterocycles. The summed E-state index contributed by atoms with van der Waals surface area (Å²) in [6.07, 6.45) is 2.10. The van der Waals surface area contributed by atoms with E-state index in [0.29, 0.717) is 32.5 Å². The van der Waals surface area contributed by atoms with E-state index in [1.54, 1.807) is 10.9 Å². The lowest BCUT2D eigenvalue weighted by molar-refractivity contribution is 0.107. The maximum absolute atomic E-state index is 12.2. The van der Waals surface area contributed by atoms with Crippen molar-refractivity contribution in [2.24, 2.45) is 0 Å². The molecule has 0 spiro atoms. The number of fused-ring (bicyclic) bond motifs is 1. The largest absolute Gasteiger partial charge is 0.465 e. The Morgan fingerprint density at radius 3 is 2.68 bits per heavy atom. The maximum Gasteiger partial charge on any atom is 0.407 e. The van der Waals surface area contributed by atoms with Crippen LogP contribution in [0.1, 0.15) is 24.2 Å². The van der Waals surface area contributed by atoms with Gasteiger partial charge in [-0.2, -0.15) is 0 Å². The average Bonchev–Trinajstić information content (AvgIpc) is 2.92. The van der Waals surface area contributed by atoms with Crippen LogP contribution >= 0.6 is 0 Å². The number of hydrogen-bond acceptors (Lipinski definition) is 3. The Bertz CT molecular complexity index is 531. The molecule has 19 heavy (non-hydrogen) atoms. The van der Waals surface area contributed by atoms with E-state index in [-0.39, 0.29) is 12.1 Å². The van der Waals surface area contributed by atoms with E-state index in [0.717, 1.165) is 11.4 Å². The minimum absolute atomic E-state index is 0.0376. The number of carboxylic acid groups (broad SMARTS) is 1. The van der Waals surface area contributed by atoms with Gasteiger partial charge >= 0.3 is 12.1 Å². The lowest BCUT2D eigenvalue weighted by atomic mass is 10.0. The van der Waals surface area contributed by atoms with Crippen molar-refractivity contribution in [3.05, 3.63) is 17.7 Å². The summed E-state index contributed by atoms with van der Waals surface area (Å²) in [5.41, 5.74) is 1.84. The highest BCUT2D eigenvalue weighted by atomic mass is 16.4. The highest BCUT2D eigenvalue weighted by Crippen LogP contribution is 2.26. The van der Waals surface area contributed by atoms with E-state index in [2.05, 4.69) is 4.98 Å². The first-order chi connectivity index (χ1) is 9.08. The molecule has 0 atom stereocenters. The number of aryl methyl sites for hydroxylation is 1. The Balaban J connectivity index is 1.70. The zero-order valence-electron chi connectivity index (χ0n) is 10.7. The number of aromatic nitrogens is 2. The van der Waals surface area contributed by atoms with Crippen LogP contribution in [0.2, 0.25) is 0 Å². The van der Waals surface area contributed by atoms with Crippen LogP contribution in [0.5, 0.6) is 0 Å². The molecule has 0 saturated carbocycles. The molecule has 0 radical (unpaired) electrons. The molecule has 7 nitrogen and oxygen atoms in total. The number of imidazole rings is 1. The number of piperidine rings is 1. The van der Waals surface area contributed by atoms with Gasteiger partial charge in [-0.3, -0.25) is 4.57 Å². The first-order valence-corrected chi connectivity index (χ1v) is 6.39. The van der Waals surface area contributed by atoms with Crippen LogP contribution in [0.25, 0.3) is 0 Å². The molecule has 3 heterocycles. The minimum Gasteiger partial charge on any atom is -0.465 e. The highest BCUT2D eigenvalue weighted by Gasteiger charge is 2.36. The Kier molecular flexibility index (Phi) is 2.69. The Labute approximate surface area is 110 Å². The van der Waals surface area contributed by atoms with Crippen LogP contribution in [0.3, 0.4) is 0 Å². The van der Waals surface area contributed by atoms with Gasteiger partial charge < -0.3 is 14.9 Å². The van der Waals surface area contributed by atoms with Crippen molar-refractivity contribution in [2.75, 3.05) is 13.1 Å². The van der Waals surface area contributed by atoms with Gasteiger partial charge in [-0.15, -0.1) is 0 Å². The van der Waals surface area contributed by atoms with Gasteiger partial charge in [0.2, 0.25) is 0 Å². The number of amides is 2. The van der Waals surface area contributed by atoms with Crippen molar-refractivity contribution in [1.29, 1.82) is 0 Å². The van der Waals surface area contributed by atoms with Crippen molar-refractivity contribution in [2.45, 2.75) is 32.4 Å². The molecule has 0 aliphatic carbocycles. The summed E-state index contributed by atoms with van der Waals surface area (Å²) in [5.74, 6) is 0. The SMILES string of the molecule is Cc1ncn2c1CN(C1CCN(C(=O)O)CC1)C2=O. The summed E-state index contributed by atoms with van der Waals surface area (Å²) in [6.45, 7) is 3.48. The fourth-order valence-electron chi connectivity index (χ4n) is 2.84. The molecule has 0 aromatic carbocycles. The molecule has 1 N–H and O–H groups in total. The van der Waals surface area contributed by atoms with E-state index in [1.165, 1.54) is 4.90 Å². The summed E-state index contributed by atoms with van der Waals surface area (Å²) >= 11 is 0. The molecule has 1 aromatic heterocycles. The Morgan fingerprint density at radius 2 is 2.11 bits per heavy atom. The molecular formula is C12H16N4O3. The molecule has 0 bridgehead atoms. The van der Waals surface area contributed by atoms with Gasteiger partial charge in [-0.25, -0.2) is 14.6 Å². The van der Waals surface area contributed by atoms with E-state index in [4.69, 9.17) is 5.11 Å². The van der Waals surface area contributed by atoms with Gasteiger partial charge in [0.15, 0.2) is 0 Å². The quantitative estimate of drug-likeness (QED) is 0.824. The van der Waals surface area contributed by atoms with Crippen molar-refractivity contribution in [1.82, 2.24) is 19.4 Å². The topological polar surface area (TPSA) is 78.7 Å². The van der Waals surface area contributed by atoms with Crippen molar-refractivity contribution in [3.63, 3.8) is 0 Å². The van der Waals surface area contributed by atoms with Crippen LogP contribution in [-0.4, -0.2) is 55.7 Å². The summed E-state index contributed by atoms with van der Waals surface area (Å²) in [4.78, 5) is 30.5. The van der Waals surface area contributed by atoms with Crippen LogP contribution < -0.4 is 0 Å². The van der Waals surface area contributed by atoms with Gasteiger partial charge in [0.05, 0.1) is 17.9 Å². The van der Waals surface area contributed by atoms with Crippen LogP contribution in [-0.2, 0) is 6.54 Å². The van der Waals surface area contributed by atoms with Crippen LogP contribution in [0.15, 0.2) is 6.33 Å². The van der Waals surface area contributed by atoms with Gasteiger partial charge in [-0.1, -0.05) is 0 Å². The molecule has 3 rings (SSSR count). The fourth-order valence-corrected chi connectivity index (χ4v) is 2.84. The second kappa shape index (κ2) is 4.25. The maximum atomic E-state index is 12.2. The zero-order valence-corrected chi connectivity index (χ0v) is 10.7. The summed E-state index contributed by atoms with van der Waals surface area (Å²) < 4.78 is 1.60. The minimum atomic E-state index is -0.877. The zero-order chi connectivity index (χ0) is 13.6. The summed E-state index contributed by atoms with van der Waals surface area (Å²) in [6, 6.07) is 0.0896. The highest BCUT2D eigenvalue weighted by molar-refractivity contribution is 5.80. The second-order valence-electron chi connectivity index (χ2n) is 5.06. The van der Waals surface area contributed by atoms with E-state index < -0.39 is 6.09 Å².